The molecule has 1 amide bonds. The molecule has 2 heterocycles. The maximum Gasteiger partial charge on any atom is 0.434 e. The molecule has 0 aliphatic carbocycles. The normalized spacial score (nSPS) is 15.4. The molecule has 22 heavy (non-hydrogen) atoms. The van der Waals surface area contributed by atoms with E-state index in [1.807, 2.05) is 0 Å². The zero-order valence-electron chi connectivity index (χ0n) is 11.8. The Morgan fingerprint density at radius 2 is 2.14 bits per heavy atom. The van der Waals surface area contributed by atoms with Gasteiger partial charge in [0.05, 0.1) is 0 Å². The molecule has 9 heteroatoms. The van der Waals surface area contributed by atoms with E-state index >= 15 is 0 Å². The zero-order valence-corrected chi connectivity index (χ0v) is 11.8. The number of aromatic nitrogens is 2. The lowest BCUT2D eigenvalue weighted by Crippen LogP contribution is -2.30. The van der Waals surface area contributed by atoms with Gasteiger partial charge in [-0.3, -0.25) is 4.79 Å². The van der Waals surface area contributed by atoms with Gasteiger partial charge < -0.3 is 9.88 Å². The molecule has 0 spiro atoms. The zero-order chi connectivity index (χ0) is 16.4. The Labute approximate surface area is 124 Å². The van der Waals surface area contributed by atoms with Gasteiger partial charge >= 0.3 is 6.18 Å². The van der Waals surface area contributed by atoms with Crippen LogP contribution in [0.4, 0.5) is 13.2 Å². The number of nitrogens with zero attached hydrogens (tertiary/aromatic N) is 4. The van der Waals surface area contributed by atoms with Gasteiger partial charge in [0.25, 0.3) is 5.91 Å². The average molecular weight is 313 g/mol. The SMILES string of the molecule is C#CCCC1(CCNC(=O)c2nc(C(F)(F)F)cn2C)N=N1. The van der Waals surface area contributed by atoms with Crippen molar-refractivity contribution in [2.24, 2.45) is 17.3 Å². The second kappa shape index (κ2) is 5.79. The number of alkyl halides is 3. The van der Waals surface area contributed by atoms with Gasteiger partial charge in [-0.15, -0.1) is 12.3 Å². The minimum absolute atomic E-state index is 0.227. The highest BCUT2D eigenvalue weighted by molar-refractivity contribution is 5.90. The van der Waals surface area contributed by atoms with Crippen LogP contribution in [0.15, 0.2) is 16.4 Å². The van der Waals surface area contributed by atoms with Gasteiger partial charge in [0.2, 0.25) is 0 Å². The molecule has 0 saturated heterocycles. The summed E-state index contributed by atoms with van der Waals surface area (Å²) in [5.41, 5.74) is -1.64. The maximum absolute atomic E-state index is 12.5. The van der Waals surface area contributed by atoms with Gasteiger partial charge in [-0.2, -0.15) is 23.4 Å². The summed E-state index contributed by atoms with van der Waals surface area (Å²) in [6.07, 6.45) is 2.93. The summed E-state index contributed by atoms with van der Waals surface area (Å²) in [5.74, 6) is 1.51. The summed E-state index contributed by atoms with van der Waals surface area (Å²) in [6, 6.07) is 0. The van der Waals surface area contributed by atoms with Crippen molar-refractivity contribution in [1.29, 1.82) is 0 Å². The highest BCUT2D eigenvalue weighted by atomic mass is 19.4. The summed E-state index contributed by atoms with van der Waals surface area (Å²) in [6.45, 7) is 0.227. The Kier molecular flexibility index (Phi) is 4.21. The molecule has 1 aliphatic rings. The molecule has 0 saturated carbocycles. The molecule has 1 aliphatic heterocycles. The molecule has 1 aromatic heterocycles. The number of aryl methyl sites for hydroxylation is 1. The van der Waals surface area contributed by atoms with Crippen molar-refractivity contribution < 1.29 is 18.0 Å². The van der Waals surface area contributed by atoms with Crippen molar-refractivity contribution in [3.8, 4) is 12.3 Å². The van der Waals surface area contributed by atoms with Gasteiger partial charge in [0, 0.05) is 39.1 Å². The molecule has 0 unspecified atom stereocenters. The number of terminal acetylenes is 1. The highest BCUT2D eigenvalue weighted by Gasteiger charge is 2.39. The average Bonchev–Trinajstić information content (AvgIpc) is 3.08. The van der Waals surface area contributed by atoms with Crippen molar-refractivity contribution in [3.63, 3.8) is 0 Å². The molecule has 0 fully saturated rings. The van der Waals surface area contributed by atoms with E-state index in [2.05, 4.69) is 26.4 Å². The topological polar surface area (TPSA) is 71.6 Å². The van der Waals surface area contributed by atoms with Crippen LogP contribution < -0.4 is 5.32 Å². The van der Waals surface area contributed by atoms with Crippen LogP contribution >= 0.6 is 0 Å². The van der Waals surface area contributed by atoms with Crippen LogP contribution in [-0.4, -0.2) is 27.7 Å². The van der Waals surface area contributed by atoms with Crippen LogP contribution in [0, 0.1) is 12.3 Å². The largest absolute Gasteiger partial charge is 0.434 e. The number of amides is 1. The van der Waals surface area contributed by atoms with E-state index in [0.29, 0.717) is 19.3 Å². The lowest BCUT2D eigenvalue weighted by molar-refractivity contribution is -0.141. The molecule has 2 rings (SSSR count). The second-order valence-electron chi connectivity index (χ2n) is 4.95. The third kappa shape index (κ3) is 3.63. The summed E-state index contributed by atoms with van der Waals surface area (Å²) in [4.78, 5) is 15.2. The first-order chi connectivity index (χ1) is 10.3. The summed E-state index contributed by atoms with van der Waals surface area (Å²) < 4.78 is 38.6. The third-order valence-corrected chi connectivity index (χ3v) is 3.23. The van der Waals surface area contributed by atoms with Gasteiger partial charge in [-0.1, -0.05) is 0 Å². The first-order valence-corrected chi connectivity index (χ1v) is 6.54. The molecule has 1 aromatic rings. The Morgan fingerprint density at radius 1 is 1.45 bits per heavy atom. The Bertz CT molecular complexity index is 635. The van der Waals surface area contributed by atoms with Crippen LogP contribution in [-0.2, 0) is 13.2 Å². The molecule has 118 valence electrons. The lowest BCUT2D eigenvalue weighted by Gasteiger charge is -2.09. The number of halogens is 3. The van der Waals surface area contributed by atoms with Crippen LogP contribution in [0.25, 0.3) is 0 Å². The summed E-state index contributed by atoms with van der Waals surface area (Å²) >= 11 is 0. The van der Waals surface area contributed by atoms with Crippen molar-refractivity contribution >= 4 is 5.91 Å². The van der Waals surface area contributed by atoms with Gasteiger partial charge in [0.1, 0.15) is 0 Å². The molecule has 6 nitrogen and oxygen atoms in total. The van der Waals surface area contributed by atoms with E-state index in [9.17, 15) is 18.0 Å². The second-order valence-corrected chi connectivity index (χ2v) is 4.95. The van der Waals surface area contributed by atoms with Gasteiger partial charge in [-0.05, 0) is 0 Å². The molecule has 0 bridgehead atoms. The van der Waals surface area contributed by atoms with E-state index in [0.717, 1.165) is 10.8 Å². The van der Waals surface area contributed by atoms with Crippen LogP contribution in [0.1, 0.15) is 35.6 Å². The summed E-state index contributed by atoms with van der Waals surface area (Å²) in [7, 11) is 1.33. The van der Waals surface area contributed by atoms with Crippen molar-refractivity contribution in [1.82, 2.24) is 14.9 Å². The molecular formula is C13H14F3N5O. The Hall–Kier alpha value is -2.37. The van der Waals surface area contributed by atoms with Crippen LogP contribution in [0.2, 0.25) is 0 Å². The lowest BCUT2D eigenvalue weighted by atomic mass is 10.0. The predicted octanol–water partition coefficient (Wildman–Crippen LogP) is 2.13. The van der Waals surface area contributed by atoms with Crippen LogP contribution in [0.3, 0.4) is 0 Å². The molecule has 1 N–H and O–H groups in total. The fourth-order valence-electron chi connectivity index (χ4n) is 1.94. The monoisotopic (exact) mass is 313 g/mol. The fraction of sp³-hybridized carbons (Fsp3) is 0.538. The van der Waals surface area contributed by atoms with E-state index in [4.69, 9.17) is 6.42 Å². The van der Waals surface area contributed by atoms with Crippen molar-refractivity contribution in [2.45, 2.75) is 31.1 Å². The number of nitrogens with one attached hydrogen (secondary N) is 1. The number of rotatable bonds is 6. The van der Waals surface area contributed by atoms with Gasteiger partial charge in [-0.25, -0.2) is 4.98 Å². The standard InChI is InChI=1S/C13H14F3N5O/c1-3-4-5-12(19-20-12)6-7-17-11(22)10-18-9(8-21(10)2)13(14,15)16/h1,8H,4-7H2,2H3,(H,17,22). The van der Waals surface area contributed by atoms with E-state index in [1.54, 1.807) is 0 Å². The van der Waals surface area contributed by atoms with Crippen molar-refractivity contribution in [3.05, 3.63) is 17.7 Å². The highest BCUT2D eigenvalue weighted by Crippen LogP contribution is 2.36. The number of carbonyl (C=O) groups is 1. The van der Waals surface area contributed by atoms with E-state index in [-0.39, 0.29) is 12.4 Å². The Balaban J connectivity index is 1.88. The predicted molar refractivity (Wildman–Crippen MR) is 70.8 cm³/mol. The smallest absolute Gasteiger partial charge is 0.349 e. The first kappa shape index (κ1) is 16.0. The fourth-order valence-corrected chi connectivity index (χ4v) is 1.94. The van der Waals surface area contributed by atoms with Gasteiger partial charge in [0.15, 0.2) is 17.2 Å². The number of imidazole rings is 1. The van der Waals surface area contributed by atoms with E-state index in [1.165, 1.54) is 7.05 Å². The minimum atomic E-state index is -4.58. The third-order valence-electron chi connectivity index (χ3n) is 3.23. The molecule has 0 aromatic carbocycles. The first-order valence-electron chi connectivity index (χ1n) is 6.54. The maximum atomic E-state index is 12.5. The molecule has 0 atom stereocenters. The van der Waals surface area contributed by atoms with Crippen molar-refractivity contribution in [2.75, 3.05) is 6.54 Å². The number of carbonyl (C=O) groups excluding carboxylic acids is 1. The molecule has 0 radical (unpaired) electrons. The summed E-state index contributed by atoms with van der Waals surface area (Å²) in [5, 5.41) is 10.3. The number of hydrogen-bond acceptors (Lipinski definition) is 4. The number of hydrogen-bond donors (Lipinski definition) is 1. The van der Waals surface area contributed by atoms with Crippen LogP contribution in [0.5, 0.6) is 0 Å². The quantitative estimate of drug-likeness (QED) is 0.817. The Morgan fingerprint density at radius 3 is 2.64 bits per heavy atom. The minimum Gasteiger partial charge on any atom is -0.349 e. The molecular weight excluding hydrogens is 299 g/mol. The van der Waals surface area contributed by atoms with E-state index < -0.39 is 23.4 Å².